The SMILES string of the molecule is [C-]1=CC=C2CCCCCCCCCCCCCC[n+]3cccc(c3)CCCCCCCCCCN1C2. The smallest absolute Gasteiger partial charge is 0.171 e. The summed E-state index contributed by atoms with van der Waals surface area (Å²) in [5, 5.41) is 0. The van der Waals surface area contributed by atoms with Crippen molar-refractivity contribution >= 4 is 0 Å². The van der Waals surface area contributed by atoms with E-state index < -0.39 is 0 Å². The maximum Gasteiger partial charge on any atom is 0.171 e. The molecule has 0 amide bonds. The van der Waals surface area contributed by atoms with Crippen molar-refractivity contribution in [2.75, 3.05) is 13.1 Å². The quantitative estimate of drug-likeness (QED) is 0.258. The van der Waals surface area contributed by atoms with Crippen LogP contribution in [0.1, 0.15) is 140 Å². The average Bonchev–Trinajstić information content (AvgIpc) is 2.90. The number of allylic oxidation sites excluding steroid dienone is 2. The van der Waals surface area contributed by atoms with Crippen LogP contribution >= 0.6 is 0 Å². The molecule has 0 aromatic carbocycles. The molecule has 0 unspecified atom stereocenters. The monoisotopic (exact) mass is 492 g/mol. The molecule has 1 aromatic heterocycles. The lowest BCUT2D eigenvalue weighted by Crippen LogP contribution is -2.33. The van der Waals surface area contributed by atoms with Crippen LogP contribution in [0.5, 0.6) is 0 Å². The van der Waals surface area contributed by atoms with Gasteiger partial charge in [-0.2, -0.15) is 6.20 Å². The first-order chi connectivity index (χ1) is 17.9. The summed E-state index contributed by atoms with van der Waals surface area (Å²) in [5.74, 6) is 0. The van der Waals surface area contributed by atoms with E-state index in [4.69, 9.17) is 0 Å². The van der Waals surface area contributed by atoms with E-state index in [2.05, 4.69) is 52.3 Å². The van der Waals surface area contributed by atoms with Crippen LogP contribution < -0.4 is 4.57 Å². The molecule has 0 N–H and O–H groups in total. The molecule has 2 nitrogen and oxygen atoms in total. The van der Waals surface area contributed by atoms with E-state index >= 15 is 0 Å². The Balaban J connectivity index is 1.34. The summed E-state index contributed by atoms with van der Waals surface area (Å²) < 4.78 is 2.43. The van der Waals surface area contributed by atoms with Gasteiger partial charge in [0.2, 0.25) is 0 Å². The van der Waals surface area contributed by atoms with Crippen molar-refractivity contribution in [3.05, 3.63) is 54.0 Å². The first kappa shape index (κ1) is 29.0. The minimum atomic E-state index is 1.12. The van der Waals surface area contributed by atoms with Crippen molar-refractivity contribution in [3.63, 3.8) is 0 Å². The van der Waals surface area contributed by atoms with E-state index in [1.54, 1.807) is 5.57 Å². The Bertz CT molecular complexity index is 734. The molecule has 36 heavy (non-hydrogen) atoms. The van der Waals surface area contributed by atoms with E-state index in [-0.39, 0.29) is 0 Å². The molecule has 0 aliphatic carbocycles. The van der Waals surface area contributed by atoms with E-state index in [1.165, 1.54) is 160 Å². The molecule has 0 radical (unpaired) electrons. The van der Waals surface area contributed by atoms with Crippen molar-refractivity contribution < 1.29 is 4.57 Å². The van der Waals surface area contributed by atoms with Gasteiger partial charge in [0.1, 0.15) is 6.54 Å². The number of aryl methyl sites for hydroxylation is 2. The van der Waals surface area contributed by atoms with Gasteiger partial charge in [0.05, 0.1) is 0 Å². The van der Waals surface area contributed by atoms with Crippen LogP contribution in [0.2, 0.25) is 0 Å². The number of hydrogen-bond acceptors (Lipinski definition) is 1. The summed E-state index contributed by atoms with van der Waals surface area (Å²) in [4.78, 5) is 2.43. The van der Waals surface area contributed by atoms with Crippen molar-refractivity contribution in [1.82, 2.24) is 4.90 Å². The predicted molar refractivity (Wildman–Crippen MR) is 155 cm³/mol. The summed E-state index contributed by atoms with van der Waals surface area (Å²) in [5.41, 5.74) is 3.15. The van der Waals surface area contributed by atoms with Gasteiger partial charge in [0, 0.05) is 24.6 Å². The molecule has 2 aliphatic rings. The highest BCUT2D eigenvalue weighted by atomic mass is 15.1. The fourth-order valence-corrected chi connectivity index (χ4v) is 5.88. The molecule has 3 heterocycles. The number of hydrogen-bond donors (Lipinski definition) is 0. The minimum Gasteiger partial charge on any atom is -0.462 e. The second kappa shape index (κ2) is 19.5. The molecule has 2 heteroatoms. The standard InChI is InChI=1S/C34H56N2/c1-2-4-7-11-15-19-27-35-29-22-26-34(32-35)24-18-14-10-6-8-12-16-20-28-36-30-21-25-33(31-36)23-17-13-9-5-3-1/h21-22,25-26,29,32H,1-20,23-24,27-28,31H2. The Morgan fingerprint density at radius 1 is 0.611 bits per heavy atom. The Labute approximate surface area is 224 Å². The number of pyridine rings is 1. The fourth-order valence-electron chi connectivity index (χ4n) is 5.88. The third-order valence-electron chi connectivity index (χ3n) is 8.20. The summed E-state index contributed by atoms with van der Waals surface area (Å²) >= 11 is 0. The van der Waals surface area contributed by atoms with Gasteiger partial charge in [-0.15, -0.1) is 5.57 Å². The van der Waals surface area contributed by atoms with Crippen molar-refractivity contribution in [2.24, 2.45) is 0 Å². The number of rotatable bonds is 0. The van der Waals surface area contributed by atoms with Crippen LogP contribution in [-0.2, 0) is 13.0 Å². The third kappa shape index (κ3) is 13.7. The van der Waals surface area contributed by atoms with Crippen molar-refractivity contribution in [3.8, 4) is 0 Å². The largest absolute Gasteiger partial charge is 0.462 e. The molecule has 0 spiro atoms. The van der Waals surface area contributed by atoms with Gasteiger partial charge < -0.3 is 4.90 Å². The van der Waals surface area contributed by atoms with E-state index in [0.29, 0.717) is 0 Å². The van der Waals surface area contributed by atoms with Crippen LogP contribution in [-0.4, -0.2) is 18.0 Å². The Hall–Kier alpha value is -1.57. The van der Waals surface area contributed by atoms with Gasteiger partial charge in [-0.25, -0.2) is 16.7 Å². The Morgan fingerprint density at radius 3 is 1.83 bits per heavy atom. The molecule has 2 aliphatic heterocycles. The van der Waals surface area contributed by atoms with Crippen LogP contribution in [0.15, 0.2) is 42.3 Å². The topological polar surface area (TPSA) is 7.12 Å². The molecule has 1 aromatic rings. The van der Waals surface area contributed by atoms with Crippen LogP contribution in [0.25, 0.3) is 0 Å². The maximum atomic E-state index is 3.47. The van der Waals surface area contributed by atoms with Gasteiger partial charge in [-0.05, 0) is 44.7 Å². The first-order valence-electron chi connectivity index (χ1n) is 15.9. The van der Waals surface area contributed by atoms with Crippen molar-refractivity contribution in [2.45, 2.75) is 148 Å². The van der Waals surface area contributed by atoms with Crippen molar-refractivity contribution in [1.29, 1.82) is 0 Å². The predicted octanol–water partition coefficient (Wildman–Crippen LogP) is 9.28. The van der Waals surface area contributed by atoms with Gasteiger partial charge in [0.15, 0.2) is 12.4 Å². The van der Waals surface area contributed by atoms with Crippen LogP contribution in [0.4, 0.5) is 0 Å². The second-order valence-corrected chi connectivity index (χ2v) is 11.6. The second-order valence-electron chi connectivity index (χ2n) is 11.6. The minimum absolute atomic E-state index is 1.12. The molecule has 3 rings (SSSR count). The molecule has 4 bridgehead atoms. The summed E-state index contributed by atoms with van der Waals surface area (Å²) in [6.07, 6.45) is 43.2. The highest BCUT2D eigenvalue weighted by Crippen LogP contribution is 2.18. The highest BCUT2D eigenvalue weighted by molar-refractivity contribution is 5.16. The fraction of sp³-hybridized carbons (Fsp3) is 0.735. The van der Waals surface area contributed by atoms with E-state index in [1.807, 2.05) is 0 Å². The number of nitrogens with zero attached hydrogens (tertiary/aromatic N) is 2. The highest BCUT2D eigenvalue weighted by Gasteiger charge is 2.04. The molecular weight excluding hydrogens is 436 g/mol. The molecule has 0 atom stereocenters. The van der Waals surface area contributed by atoms with E-state index in [0.717, 1.165) is 6.54 Å². The zero-order chi connectivity index (χ0) is 24.9. The van der Waals surface area contributed by atoms with Crippen LogP contribution in [0, 0.1) is 6.20 Å². The third-order valence-corrected chi connectivity index (χ3v) is 8.20. The van der Waals surface area contributed by atoms with Gasteiger partial charge in [-0.3, -0.25) is 0 Å². The van der Waals surface area contributed by atoms with Gasteiger partial charge >= 0.3 is 0 Å². The van der Waals surface area contributed by atoms with E-state index in [9.17, 15) is 0 Å². The summed E-state index contributed by atoms with van der Waals surface area (Å²) in [6, 6.07) is 4.58. The van der Waals surface area contributed by atoms with Gasteiger partial charge in [-0.1, -0.05) is 103 Å². The number of fused-ring (bicyclic) bond motifs is 4. The van der Waals surface area contributed by atoms with Crippen LogP contribution in [0.3, 0.4) is 0 Å². The zero-order valence-electron chi connectivity index (χ0n) is 23.5. The lowest BCUT2D eigenvalue weighted by atomic mass is 10.0. The lowest BCUT2D eigenvalue weighted by Gasteiger charge is -2.32. The molecular formula is C34H56N2. The average molecular weight is 493 g/mol. The summed E-state index contributed by atoms with van der Waals surface area (Å²) in [7, 11) is 0. The molecule has 0 saturated heterocycles. The molecule has 202 valence electrons. The molecule has 0 fully saturated rings. The Morgan fingerprint density at radius 2 is 1.17 bits per heavy atom. The first-order valence-corrected chi connectivity index (χ1v) is 15.9. The number of aromatic nitrogens is 1. The maximum absolute atomic E-state index is 3.47. The molecule has 0 saturated carbocycles. The van der Waals surface area contributed by atoms with Gasteiger partial charge in [0.25, 0.3) is 0 Å². The normalized spacial score (nSPS) is 21.9. The lowest BCUT2D eigenvalue weighted by molar-refractivity contribution is -0.697. The zero-order valence-corrected chi connectivity index (χ0v) is 23.5. The summed E-state index contributed by atoms with van der Waals surface area (Å²) in [6.45, 7) is 3.50. The Kier molecular flexibility index (Phi) is 15.7.